The first-order valence-corrected chi connectivity index (χ1v) is 20.2. The van der Waals surface area contributed by atoms with Gasteiger partial charge < -0.3 is 64.2 Å². The van der Waals surface area contributed by atoms with Crippen molar-refractivity contribution in [3.63, 3.8) is 0 Å². The van der Waals surface area contributed by atoms with Crippen LogP contribution < -0.4 is 0 Å². The minimum absolute atomic E-state index is 0.0208. The van der Waals surface area contributed by atoms with Crippen LogP contribution in [0, 0.1) is 52.3 Å². The minimum atomic E-state index is -1.74. The summed E-state index contributed by atoms with van der Waals surface area (Å²) in [5, 5.41) is 72.7. The van der Waals surface area contributed by atoms with E-state index in [1.807, 2.05) is 0 Å². The van der Waals surface area contributed by atoms with Gasteiger partial charge in [0.15, 0.2) is 18.4 Å². The second-order valence-corrected chi connectivity index (χ2v) is 18.7. The van der Waals surface area contributed by atoms with Gasteiger partial charge in [-0.2, -0.15) is 0 Å². The topological polar surface area (TPSA) is 214 Å². The Morgan fingerprint density at radius 3 is 2.17 bits per heavy atom. The maximum absolute atomic E-state index is 14.5. The van der Waals surface area contributed by atoms with Crippen LogP contribution >= 0.6 is 0 Å². The fourth-order valence-electron chi connectivity index (χ4n) is 13.0. The van der Waals surface area contributed by atoms with E-state index in [-0.39, 0.29) is 40.8 Å². The van der Waals surface area contributed by atoms with Crippen molar-refractivity contribution < 1.29 is 69.0 Å². The largest absolute Gasteiger partial charge is 0.394 e. The molecule has 22 atom stereocenters. The predicted molar refractivity (Wildman–Crippen MR) is 183 cm³/mol. The van der Waals surface area contributed by atoms with Gasteiger partial charge in [-0.3, -0.25) is 4.79 Å². The van der Waals surface area contributed by atoms with Crippen LogP contribution in [-0.4, -0.2) is 141 Å². The standard InChI is InChI=1S/C39H62O14/c1-17-7-10-39(48-16-17)18(2)27-24(53-39)12-22-21-6-5-19-11-20(8-9-37(19,3)28(21)23(42)13-38(22,27)4)49-35-33(47)31(45)34(26(15-41)51-35)52-36-32(46)30(44)29(43)25(14-40)50-36/h17-22,24-36,40-41,43-47H,5-16H2,1-4H3/t17?,18?,19?,20?,21?,22?,24?,25?,26?,27?,28?,29?,30?,31?,32?,33?,34?,35?,36?,37-,38-,39+/m0/s1. The molecule has 14 heteroatoms. The van der Waals surface area contributed by atoms with Gasteiger partial charge >= 0.3 is 0 Å². The van der Waals surface area contributed by atoms with Crippen molar-refractivity contribution >= 4 is 5.78 Å². The lowest BCUT2D eigenvalue weighted by Gasteiger charge is -2.60. The molecule has 0 aromatic heterocycles. The van der Waals surface area contributed by atoms with Gasteiger partial charge in [0.05, 0.1) is 32.0 Å². The molecule has 4 heterocycles. The Morgan fingerprint density at radius 2 is 1.47 bits per heavy atom. The Hall–Kier alpha value is -0.850. The van der Waals surface area contributed by atoms with Gasteiger partial charge in [-0.15, -0.1) is 0 Å². The highest BCUT2D eigenvalue weighted by atomic mass is 16.7. The monoisotopic (exact) mass is 754 g/mol. The van der Waals surface area contributed by atoms with E-state index in [2.05, 4.69) is 27.7 Å². The zero-order chi connectivity index (χ0) is 37.8. The van der Waals surface area contributed by atoms with Crippen molar-refractivity contribution in [1.29, 1.82) is 0 Å². The Labute approximate surface area is 311 Å². The number of fused-ring (bicyclic) bond motifs is 7. The van der Waals surface area contributed by atoms with Gasteiger partial charge in [0.1, 0.15) is 54.6 Å². The number of Topliss-reactive ketones (excluding diaryl/α,β-unsaturated/α-hetero) is 1. The van der Waals surface area contributed by atoms with E-state index in [0.29, 0.717) is 48.7 Å². The van der Waals surface area contributed by atoms with Gasteiger partial charge in [-0.05, 0) is 85.4 Å². The van der Waals surface area contributed by atoms with Gasteiger partial charge in [-0.1, -0.05) is 27.7 Å². The summed E-state index contributed by atoms with van der Waals surface area (Å²) < 4.78 is 36.8. The molecule has 302 valence electrons. The third-order valence-corrected chi connectivity index (χ3v) is 15.9. The fraction of sp³-hybridized carbons (Fsp3) is 0.974. The maximum atomic E-state index is 14.5. The van der Waals surface area contributed by atoms with Crippen molar-refractivity contribution in [2.24, 2.45) is 52.3 Å². The maximum Gasteiger partial charge on any atom is 0.187 e. The molecule has 4 aliphatic heterocycles. The summed E-state index contributed by atoms with van der Waals surface area (Å²) >= 11 is 0. The summed E-state index contributed by atoms with van der Waals surface area (Å²) in [5.41, 5.74) is -0.288. The second kappa shape index (κ2) is 14.2. The summed E-state index contributed by atoms with van der Waals surface area (Å²) in [5.74, 6) is 1.91. The van der Waals surface area contributed by atoms with E-state index >= 15 is 0 Å². The molecule has 0 bridgehead atoms. The number of rotatable bonds is 6. The number of carbonyl (C=O) groups excluding carboxylic acids is 1. The van der Waals surface area contributed by atoms with Crippen molar-refractivity contribution in [2.45, 2.75) is 165 Å². The molecule has 4 aliphatic carbocycles. The molecule has 0 aromatic carbocycles. The molecular weight excluding hydrogens is 692 g/mol. The van der Waals surface area contributed by atoms with Crippen LogP contribution in [0.2, 0.25) is 0 Å². The number of hydrogen-bond donors (Lipinski definition) is 7. The minimum Gasteiger partial charge on any atom is -0.394 e. The third kappa shape index (κ3) is 6.12. The van der Waals surface area contributed by atoms with Crippen molar-refractivity contribution in [2.75, 3.05) is 19.8 Å². The number of carbonyl (C=O) groups is 1. The third-order valence-electron chi connectivity index (χ3n) is 15.9. The zero-order valence-corrected chi connectivity index (χ0v) is 31.4. The molecule has 8 aliphatic rings. The highest BCUT2D eigenvalue weighted by Gasteiger charge is 2.71. The average molecular weight is 755 g/mol. The van der Waals surface area contributed by atoms with E-state index < -0.39 is 80.4 Å². The Kier molecular flexibility index (Phi) is 10.5. The van der Waals surface area contributed by atoms with Crippen LogP contribution in [0.25, 0.3) is 0 Å². The molecule has 14 nitrogen and oxygen atoms in total. The van der Waals surface area contributed by atoms with Crippen LogP contribution in [0.4, 0.5) is 0 Å². The van der Waals surface area contributed by atoms with Crippen molar-refractivity contribution in [1.82, 2.24) is 0 Å². The molecule has 8 fully saturated rings. The van der Waals surface area contributed by atoms with E-state index in [0.717, 1.165) is 45.1 Å². The van der Waals surface area contributed by atoms with Crippen molar-refractivity contribution in [3.05, 3.63) is 0 Å². The van der Waals surface area contributed by atoms with Crippen LogP contribution in [-0.2, 0) is 33.2 Å². The molecular formula is C39H62O14. The molecule has 4 saturated heterocycles. The normalized spacial score (nSPS) is 58.2. The van der Waals surface area contributed by atoms with Crippen molar-refractivity contribution in [3.8, 4) is 0 Å². The van der Waals surface area contributed by atoms with Crippen LogP contribution in [0.5, 0.6) is 0 Å². The van der Waals surface area contributed by atoms with Crippen LogP contribution in [0.3, 0.4) is 0 Å². The first kappa shape index (κ1) is 39.0. The number of ether oxygens (including phenoxy) is 6. The summed E-state index contributed by atoms with van der Waals surface area (Å²) in [6.45, 7) is 8.63. The SMILES string of the molecule is CC1CC[C@@]2(OC1)OC1CC3C4CCC5CC(OC6OC(CO)C(OC7OC(CO)C(O)C(O)C7O)C(O)C6O)CC[C@]5(C)C4C(=O)C[C@]3(C)C1C2C. The predicted octanol–water partition coefficient (Wildman–Crippen LogP) is 0.621. The summed E-state index contributed by atoms with van der Waals surface area (Å²) in [4.78, 5) is 14.5. The Morgan fingerprint density at radius 1 is 0.774 bits per heavy atom. The molecule has 0 amide bonds. The van der Waals surface area contributed by atoms with Crippen LogP contribution in [0.1, 0.15) is 85.5 Å². The molecule has 0 aromatic rings. The first-order valence-electron chi connectivity index (χ1n) is 20.2. The van der Waals surface area contributed by atoms with Gasteiger partial charge in [0.2, 0.25) is 0 Å². The molecule has 1 spiro atoms. The molecule has 53 heavy (non-hydrogen) atoms. The van der Waals surface area contributed by atoms with E-state index in [1.54, 1.807) is 0 Å². The summed E-state index contributed by atoms with van der Waals surface area (Å²) in [6, 6.07) is 0. The van der Waals surface area contributed by atoms with Gasteiger partial charge in [0, 0.05) is 24.7 Å². The van der Waals surface area contributed by atoms with E-state index in [4.69, 9.17) is 28.4 Å². The van der Waals surface area contributed by atoms with Crippen LogP contribution in [0.15, 0.2) is 0 Å². The molecule has 19 unspecified atom stereocenters. The molecule has 4 saturated carbocycles. The first-order chi connectivity index (χ1) is 25.2. The molecule has 0 radical (unpaired) electrons. The Balaban J connectivity index is 0.911. The summed E-state index contributed by atoms with van der Waals surface area (Å²) in [7, 11) is 0. The average Bonchev–Trinajstić information content (AvgIpc) is 3.57. The molecule has 7 N–H and O–H groups in total. The Bertz CT molecular complexity index is 1340. The van der Waals surface area contributed by atoms with E-state index in [9.17, 15) is 40.5 Å². The fourth-order valence-corrected chi connectivity index (χ4v) is 13.0. The molecule has 8 rings (SSSR count). The number of aliphatic hydroxyl groups excluding tert-OH is 7. The highest BCUT2D eigenvalue weighted by molar-refractivity contribution is 5.84. The number of hydrogen-bond acceptors (Lipinski definition) is 14. The quantitative estimate of drug-likeness (QED) is 0.185. The van der Waals surface area contributed by atoms with Gasteiger partial charge in [0.25, 0.3) is 0 Å². The lowest BCUT2D eigenvalue weighted by Crippen LogP contribution is -2.65. The number of ketones is 1. The number of aliphatic hydroxyl groups is 7. The zero-order valence-electron chi connectivity index (χ0n) is 31.4. The lowest BCUT2D eigenvalue weighted by atomic mass is 9.44. The highest BCUT2D eigenvalue weighted by Crippen LogP contribution is 2.70. The van der Waals surface area contributed by atoms with Gasteiger partial charge in [-0.25, -0.2) is 0 Å². The second-order valence-electron chi connectivity index (χ2n) is 18.7. The summed E-state index contributed by atoms with van der Waals surface area (Å²) in [6.07, 6.45) is -7.48. The smallest absolute Gasteiger partial charge is 0.187 e. The lowest BCUT2D eigenvalue weighted by molar-refractivity contribution is -0.364. The van der Waals surface area contributed by atoms with E-state index in [1.165, 1.54) is 0 Å².